The zero-order valence-corrected chi connectivity index (χ0v) is 17.9. The molecule has 6 heterocycles. The second-order valence-corrected chi connectivity index (χ2v) is 8.96. The molecule has 4 aromatic heterocycles. The monoisotopic (exact) mass is 415 g/mol. The molecule has 4 aromatic rings. The minimum atomic E-state index is -0.465. The highest BCUT2D eigenvalue weighted by Gasteiger charge is 2.34. The van der Waals surface area contributed by atoms with Gasteiger partial charge in [0.2, 0.25) is 0 Å². The largest absolute Gasteiger partial charge is 0.368 e. The Morgan fingerprint density at radius 1 is 1.29 bits per heavy atom. The first kappa shape index (κ1) is 18.7. The number of hydrogen-bond donors (Lipinski definition) is 2. The lowest BCUT2D eigenvalue weighted by Gasteiger charge is -2.30. The Morgan fingerprint density at radius 2 is 2.16 bits per heavy atom. The van der Waals surface area contributed by atoms with Crippen molar-refractivity contribution >= 4 is 35.3 Å². The molecule has 0 bridgehead atoms. The van der Waals surface area contributed by atoms with E-state index < -0.39 is 5.60 Å². The van der Waals surface area contributed by atoms with Crippen molar-refractivity contribution in [3.63, 3.8) is 0 Å². The summed E-state index contributed by atoms with van der Waals surface area (Å²) in [6.45, 7) is 8.32. The molecule has 2 aliphatic rings. The van der Waals surface area contributed by atoms with Gasteiger partial charge in [-0.1, -0.05) is 12.6 Å². The van der Waals surface area contributed by atoms with Gasteiger partial charge in [0.15, 0.2) is 28.5 Å². The Labute approximate surface area is 180 Å². The van der Waals surface area contributed by atoms with Crippen molar-refractivity contribution in [2.24, 2.45) is 5.92 Å². The fourth-order valence-electron chi connectivity index (χ4n) is 4.33. The van der Waals surface area contributed by atoms with Gasteiger partial charge < -0.3 is 14.6 Å². The fraction of sp³-hybridized carbons (Fsp3) is 0.476. The van der Waals surface area contributed by atoms with Gasteiger partial charge in [-0.05, 0) is 32.8 Å². The molecule has 1 fully saturated rings. The number of aromatic nitrogens is 7. The van der Waals surface area contributed by atoms with Gasteiger partial charge in [-0.3, -0.25) is 5.10 Å². The Morgan fingerprint density at radius 3 is 2.97 bits per heavy atom. The van der Waals surface area contributed by atoms with Crippen LogP contribution in [-0.2, 0) is 16.9 Å². The molecule has 1 radical (unpaired) electrons. The maximum Gasteiger partial charge on any atom is 0.181 e. The van der Waals surface area contributed by atoms with Crippen LogP contribution >= 0.6 is 0 Å². The van der Waals surface area contributed by atoms with E-state index in [1.165, 1.54) is 0 Å². The topological polar surface area (TPSA) is 106 Å². The predicted octanol–water partition coefficient (Wildman–Crippen LogP) is 2.92. The third-order valence-corrected chi connectivity index (χ3v) is 6.33. The molecule has 0 saturated carbocycles. The van der Waals surface area contributed by atoms with E-state index in [9.17, 15) is 0 Å². The molecule has 157 valence electrons. The number of anilines is 1. The SMILES string of the molecule is Cc1[nH]nc2ncc(-c3nc(NCC4C[B]C4)c4nc5n(c4n3)CCOC5(C)C)cc12. The Hall–Kier alpha value is -3.01. The van der Waals surface area contributed by atoms with Gasteiger partial charge in [0, 0.05) is 35.9 Å². The third kappa shape index (κ3) is 3.00. The molecular weight excluding hydrogens is 391 g/mol. The number of H-pyrrole nitrogens is 1. The maximum atomic E-state index is 5.98. The van der Waals surface area contributed by atoms with E-state index >= 15 is 0 Å². The van der Waals surface area contributed by atoms with Crippen molar-refractivity contribution < 1.29 is 4.74 Å². The summed E-state index contributed by atoms with van der Waals surface area (Å²) in [5, 5.41) is 11.8. The summed E-state index contributed by atoms with van der Waals surface area (Å²) < 4.78 is 8.14. The molecule has 0 amide bonds. The summed E-state index contributed by atoms with van der Waals surface area (Å²) in [4.78, 5) is 19.3. The lowest BCUT2D eigenvalue weighted by molar-refractivity contribution is -0.0530. The van der Waals surface area contributed by atoms with Gasteiger partial charge in [-0.2, -0.15) is 5.10 Å². The summed E-state index contributed by atoms with van der Waals surface area (Å²) in [5.74, 6) is 2.95. The number of fused-ring (bicyclic) bond motifs is 4. The molecule has 2 aliphatic heterocycles. The van der Waals surface area contributed by atoms with Crippen LogP contribution in [0.5, 0.6) is 0 Å². The minimum Gasteiger partial charge on any atom is -0.368 e. The quantitative estimate of drug-likeness (QED) is 0.494. The number of hydrogen-bond acceptors (Lipinski definition) is 7. The maximum absolute atomic E-state index is 5.98. The summed E-state index contributed by atoms with van der Waals surface area (Å²) in [5.41, 5.74) is 3.71. The van der Waals surface area contributed by atoms with E-state index in [0.717, 1.165) is 65.2 Å². The number of aromatic amines is 1. The first-order valence-electron chi connectivity index (χ1n) is 10.8. The number of imidazole rings is 1. The fourth-order valence-corrected chi connectivity index (χ4v) is 4.33. The van der Waals surface area contributed by atoms with Crippen LogP contribution < -0.4 is 5.32 Å². The zero-order valence-electron chi connectivity index (χ0n) is 17.9. The van der Waals surface area contributed by atoms with E-state index in [-0.39, 0.29) is 0 Å². The number of nitrogens with zero attached hydrogens (tertiary/aromatic N) is 6. The Kier molecular flexibility index (Phi) is 4.08. The lowest BCUT2D eigenvalue weighted by atomic mass is 9.51. The van der Waals surface area contributed by atoms with Gasteiger partial charge in [0.1, 0.15) is 18.7 Å². The van der Waals surface area contributed by atoms with Gasteiger partial charge in [0.25, 0.3) is 0 Å². The molecule has 10 heteroatoms. The predicted molar refractivity (Wildman–Crippen MR) is 119 cm³/mol. The van der Waals surface area contributed by atoms with Crippen molar-refractivity contribution in [1.82, 2.24) is 34.7 Å². The van der Waals surface area contributed by atoms with Crippen LogP contribution in [0.1, 0.15) is 25.4 Å². The highest BCUT2D eigenvalue weighted by molar-refractivity contribution is 6.39. The van der Waals surface area contributed by atoms with Crippen molar-refractivity contribution in [1.29, 1.82) is 0 Å². The smallest absolute Gasteiger partial charge is 0.181 e. The van der Waals surface area contributed by atoms with Crippen LogP contribution in [-0.4, -0.2) is 55.1 Å². The molecule has 0 spiro atoms. The summed E-state index contributed by atoms with van der Waals surface area (Å²) in [7, 11) is 2.32. The van der Waals surface area contributed by atoms with Gasteiger partial charge in [-0.25, -0.2) is 19.9 Å². The first-order chi connectivity index (χ1) is 15.0. The number of rotatable bonds is 4. The van der Waals surface area contributed by atoms with Crippen molar-refractivity contribution in [2.45, 2.75) is 45.6 Å². The van der Waals surface area contributed by atoms with Crippen LogP contribution in [0.3, 0.4) is 0 Å². The number of pyridine rings is 1. The van der Waals surface area contributed by atoms with E-state index in [1.807, 2.05) is 13.0 Å². The molecule has 2 N–H and O–H groups in total. The molecule has 9 nitrogen and oxygen atoms in total. The Bertz CT molecular complexity index is 1310. The average molecular weight is 415 g/mol. The van der Waals surface area contributed by atoms with Crippen LogP contribution in [0.25, 0.3) is 33.6 Å². The Balaban J connectivity index is 1.52. The van der Waals surface area contributed by atoms with Gasteiger partial charge in [0.05, 0.1) is 6.61 Å². The summed E-state index contributed by atoms with van der Waals surface area (Å²) in [6.07, 6.45) is 4.08. The number of aryl methyl sites for hydroxylation is 1. The molecule has 0 unspecified atom stereocenters. The molecule has 0 aromatic carbocycles. The van der Waals surface area contributed by atoms with Crippen LogP contribution in [0, 0.1) is 12.8 Å². The molecule has 31 heavy (non-hydrogen) atoms. The average Bonchev–Trinajstić information content (AvgIpc) is 3.28. The zero-order chi connectivity index (χ0) is 21.2. The van der Waals surface area contributed by atoms with Crippen molar-refractivity contribution in [3.8, 4) is 11.4 Å². The van der Waals surface area contributed by atoms with E-state index in [4.69, 9.17) is 19.7 Å². The highest BCUT2D eigenvalue weighted by atomic mass is 16.5. The molecule has 6 rings (SSSR count). The van der Waals surface area contributed by atoms with Crippen LogP contribution in [0.15, 0.2) is 12.3 Å². The molecular formula is C21H24BN8O. The standard InChI is InChI=1S/C21H24BN8O/c1-11-14-6-13(10-24-17(14)29-28-11)16-26-18(23-9-12-7-22-8-12)15-19(27-16)30-4-5-31-21(2,3)20(30)25-15/h6,10,12H,4-5,7-9H2,1-3H3,(H,23,26,27)(H,24,28,29). The third-order valence-electron chi connectivity index (χ3n) is 6.33. The van der Waals surface area contributed by atoms with Crippen LogP contribution in [0.2, 0.25) is 12.6 Å². The van der Waals surface area contributed by atoms with E-state index in [0.29, 0.717) is 24.0 Å². The molecule has 1 saturated heterocycles. The van der Waals surface area contributed by atoms with Crippen LogP contribution in [0.4, 0.5) is 5.82 Å². The van der Waals surface area contributed by atoms with Gasteiger partial charge >= 0.3 is 0 Å². The summed E-state index contributed by atoms with van der Waals surface area (Å²) in [6, 6.07) is 2.05. The molecule has 0 aliphatic carbocycles. The van der Waals surface area contributed by atoms with Gasteiger partial charge in [-0.15, -0.1) is 0 Å². The highest BCUT2D eigenvalue weighted by Crippen LogP contribution is 2.34. The summed E-state index contributed by atoms with van der Waals surface area (Å²) >= 11 is 0. The second-order valence-electron chi connectivity index (χ2n) is 8.96. The van der Waals surface area contributed by atoms with E-state index in [2.05, 4.69) is 46.2 Å². The number of ether oxygens (including phenoxy) is 1. The number of nitrogens with one attached hydrogen (secondary N) is 2. The minimum absolute atomic E-state index is 0.465. The van der Waals surface area contributed by atoms with E-state index in [1.54, 1.807) is 6.20 Å². The second kappa shape index (κ2) is 6.75. The van der Waals surface area contributed by atoms with Crippen molar-refractivity contribution in [3.05, 3.63) is 23.8 Å². The van der Waals surface area contributed by atoms with Crippen molar-refractivity contribution in [2.75, 3.05) is 18.5 Å². The first-order valence-corrected chi connectivity index (χ1v) is 10.8. The molecule has 0 atom stereocenters. The lowest BCUT2D eigenvalue weighted by Crippen LogP contribution is -2.33. The normalized spacial score (nSPS) is 18.0.